The molecule has 0 bridgehead atoms. The van der Waals surface area contributed by atoms with E-state index in [-0.39, 0.29) is 5.92 Å². The van der Waals surface area contributed by atoms with Crippen LogP contribution in [0.25, 0.3) is 0 Å². The lowest BCUT2D eigenvalue weighted by Crippen LogP contribution is -2.13. The van der Waals surface area contributed by atoms with Crippen molar-refractivity contribution in [1.82, 2.24) is 0 Å². The SMILES string of the molecule is Cc1cc(C(c2ccc(N(C)C)cc2)c2ccc(N(C)C)c(C)c2)ccc1N(C)C. The zero-order valence-electron chi connectivity index (χ0n) is 19.7. The number of anilines is 3. The average Bonchev–Trinajstić information content (AvgIpc) is 2.68. The second-order valence-corrected chi connectivity index (χ2v) is 8.80. The Morgan fingerprint density at radius 1 is 0.500 bits per heavy atom. The predicted molar refractivity (Wildman–Crippen MR) is 133 cm³/mol. The predicted octanol–water partition coefficient (Wildman–Crippen LogP) is 5.68. The summed E-state index contributed by atoms with van der Waals surface area (Å²) in [5.41, 5.74) is 10.3. The highest BCUT2D eigenvalue weighted by atomic mass is 15.1. The van der Waals surface area contributed by atoms with Crippen LogP contribution in [0, 0.1) is 13.8 Å². The van der Waals surface area contributed by atoms with E-state index in [9.17, 15) is 0 Å². The van der Waals surface area contributed by atoms with Gasteiger partial charge in [-0.1, -0.05) is 36.4 Å². The van der Waals surface area contributed by atoms with E-state index in [2.05, 4.69) is 131 Å². The Kier molecular flexibility index (Phi) is 6.40. The van der Waals surface area contributed by atoms with Gasteiger partial charge in [-0.25, -0.2) is 0 Å². The second-order valence-electron chi connectivity index (χ2n) is 8.80. The highest BCUT2D eigenvalue weighted by Gasteiger charge is 2.19. The van der Waals surface area contributed by atoms with Crippen molar-refractivity contribution in [2.24, 2.45) is 0 Å². The van der Waals surface area contributed by atoms with Crippen LogP contribution in [0.2, 0.25) is 0 Å². The molecule has 0 saturated carbocycles. The molecular weight excluding hydrogens is 366 g/mol. The van der Waals surface area contributed by atoms with Crippen molar-refractivity contribution >= 4 is 17.1 Å². The van der Waals surface area contributed by atoms with Crippen molar-refractivity contribution in [3.63, 3.8) is 0 Å². The van der Waals surface area contributed by atoms with Crippen LogP contribution in [0.15, 0.2) is 60.7 Å². The smallest absolute Gasteiger partial charge is 0.0390 e. The quantitative estimate of drug-likeness (QED) is 0.492. The van der Waals surface area contributed by atoms with Gasteiger partial charge in [0.25, 0.3) is 0 Å². The highest BCUT2D eigenvalue weighted by molar-refractivity contribution is 5.59. The summed E-state index contributed by atoms with van der Waals surface area (Å²) in [6.45, 7) is 4.40. The van der Waals surface area contributed by atoms with Crippen LogP contribution in [0.5, 0.6) is 0 Å². The molecule has 3 aromatic carbocycles. The van der Waals surface area contributed by atoms with Gasteiger partial charge in [-0.2, -0.15) is 0 Å². The summed E-state index contributed by atoms with van der Waals surface area (Å²) in [6, 6.07) is 22.7. The lowest BCUT2D eigenvalue weighted by Gasteiger charge is -2.24. The van der Waals surface area contributed by atoms with Crippen LogP contribution in [0.3, 0.4) is 0 Å². The fraction of sp³-hybridized carbons (Fsp3) is 0.333. The van der Waals surface area contributed by atoms with E-state index in [1.807, 2.05) is 0 Å². The first-order valence-corrected chi connectivity index (χ1v) is 10.5. The minimum absolute atomic E-state index is 0.200. The average molecular weight is 402 g/mol. The number of hydrogen-bond donors (Lipinski definition) is 0. The van der Waals surface area contributed by atoms with Gasteiger partial charge in [0.05, 0.1) is 0 Å². The lowest BCUT2D eigenvalue weighted by molar-refractivity contribution is 0.963. The minimum atomic E-state index is 0.200. The molecule has 0 spiro atoms. The van der Waals surface area contributed by atoms with Gasteiger partial charge in [-0.15, -0.1) is 0 Å². The Morgan fingerprint density at radius 2 is 0.900 bits per heavy atom. The van der Waals surface area contributed by atoms with Gasteiger partial charge >= 0.3 is 0 Å². The summed E-state index contributed by atoms with van der Waals surface area (Å²) in [5, 5.41) is 0. The van der Waals surface area contributed by atoms with Crippen LogP contribution >= 0.6 is 0 Å². The number of hydrogen-bond acceptors (Lipinski definition) is 3. The summed E-state index contributed by atoms with van der Waals surface area (Å²) in [5.74, 6) is 0.200. The zero-order valence-corrected chi connectivity index (χ0v) is 19.7. The molecule has 0 fully saturated rings. The van der Waals surface area contributed by atoms with Crippen LogP contribution in [-0.4, -0.2) is 42.3 Å². The van der Waals surface area contributed by atoms with Crippen molar-refractivity contribution in [3.8, 4) is 0 Å². The molecule has 0 N–H and O–H groups in total. The molecule has 3 aromatic rings. The third kappa shape index (κ3) is 4.46. The van der Waals surface area contributed by atoms with Gasteiger partial charge < -0.3 is 14.7 Å². The molecule has 3 rings (SSSR count). The van der Waals surface area contributed by atoms with Gasteiger partial charge in [-0.3, -0.25) is 0 Å². The fourth-order valence-corrected chi connectivity index (χ4v) is 4.26. The van der Waals surface area contributed by atoms with E-state index in [1.165, 1.54) is 44.9 Å². The summed E-state index contributed by atoms with van der Waals surface area (Å²) < 4.78 is 0. The van der Waals surface area contributed by atoms with Crippen LogP contribution < -0.4 is 14.7 Å². The number of rotatable bonds is 6. The zero-order chi connectivity index (χ0) is 22.0. The Balaban J connectivity index is 2.14. The normalized spacial score (nSPS) is 11.0. The number of aryl methyl sites for hydroxylation is 2. The maximum Gasteiger partial charge on any atom is 0.0390 e. The van der Waals surface area contributed by atoms with E-state index in [0.29, 0.717) is 0 Å². The molecule has 3 nitrogen and oxygen atoms in total. The molecular formula is C27H35N3. The topological polar surface area (TPSA) is 9.72 Å². The van der Waals surface area contributed by atoms with Gasteiger partial charge in [0, 0.05) is 65.3 Å². The molecule has 0 heterocycles. The first kappa shape index (κ1) is 21.8. The molecule has 0 unspecified atom stereocenters. The molecule has 0 aliphatic heterocycles. The van der Waals surface area contributed by atoms with Crippen LogP contribution in [-0.2, 0) is 0 Å². The Hall–Kier alpha value is -2.94. The second kappa shape index (κ2) is 8.83. The number of benzene rings is 3. The standard InChI is InChI=1S/C27H35N3/c1-19-17-22(11-15-25(19)29(5)6)27(21-9-13-24(14-10-21)28(3)4)23-12-16-26(30(7)8)20(2)18-23/h9-18,27H,1-8H3. The van der Waals surface area contributed by atoms with Crippen molar-refractivity contribution in [1.29, 1.82) is 0 Å². The van der Waals surface area contributed by atoms with Gasteiger partial charge in [0.15, 0.2) is 0 Å². The summed E-state index contributed by atoms with van der Waals surface area (Å²) in [6.07, 6.45) is 0. The van der Waals surface area contributed by atoms with E-state index >= 15 is 0 Å². The molecule has 3 heteroatoms. The van der Waals surface area contributed by atoms with Crippen LogP contribution in [0.4, 0.5) is 17.1 Å². The van der Waals surface area contributed by atoms with Crippen molar-refractivity contribution in [2.75, 3.05) is 57.0 Å². The Labute approximate surface area is 182 Å². The van der Waals surface area contributed by atoms with E-state index in [4.69, 9.17) is 0 Å². The molecule has 0 aromatic heterocycles. The Morgan fingerprint density at radius 3 is 1.23 bits per heavy atom. The van der Waals surface area contributed by atoms with Crippen molar-refractivity contribution < 1.29 is 0 Å². The van der Waals surface area contributed by atoms with Crippen molar-refractivity contribution in [3.05, 3.63) is 88.5 Å². The summed E-state index contributed by atoms with van der Waals surface area (Å²) >= 11 is 0. The van der Waals surface area contributed by atoms with Gasteiger partial charge in [-0.05, 0) is 65.9 Å². The lowest BCUT2D eigenvalue weighted by atomic mass is 9.83. The molecule has 158 valence electrons. The summed E-state index contributed by atoms with van der Waals surface area (Å²) in [7, 11) is 12.6. The maximum atomic E-state index is 2.34. The third-order valence-electron chi connectivity index (χ3n) is 5.81. The molecule has 30 heavy (non-hydrogen) atoms. The molecule has 0 atom stereocenters. The molecule has 0 radical (unpaired) electrons. The molecule has 0 amide bonds. The van der Waals surface area contributed by atoms with Gasteiger partial charge in [0.1, 0.15) is 0 Å². The monoisotopic (exact) mass is 401 g/mol. The fourth-order valence-electron chi connectivity index (χ4n) is 4.26. The number of nitrogens with zero attached hydrogens (tertiary/aromatic N) is 3. The first-order chi connectivity index (χ1) is 14.2. The molecule has 0 aliphatic rings. The Bertz CT molecular complexity index is 944. The van der Waals surface area contributed by atoms with E-state index < -0.39 is 0 Å². The van der Waals surface area contributed by atoms with Crippen molar-refractivity contribution in [2.45, 2.75) is 19.8 Å². The molecule has 0 saturated heterocycles. The largest absolute Gasteiger partial charge is 0.378 e. The van der Waals surface area contributed by atoms with E-state index in [1.54, 1.807) is 0 Å². The van der Waals surface area contributed by atoms with Gasteiger partial charge in [0.2, 0.25) is 0 Å². The highest BCUT2D eigenvalue weighted by Crippen LogP contribution is 2.36. The summed E-state index contributed by atoms with van der Waals surface area (Å²) in [4.78, 5) is 6.50. The molecule has 0 aliphatic carbocycles. The first-order valence-electron chi connectivity index (χ1n) is 10.5. The third-order valence-corrected chi connectivity index (χ3v) is 5.81. The van der Waals surface area contributed by atoms with E-state index in [0.717, 1.165) is 0 Å². The minimum Gasteiger partial charge on any atom is -0.378 e. The maximum absolute atomic E-state index is 2.34. The van der Waals surface area contributed by atoms with Crippen LogP contribution in [0.1, 0.15) is 33.7 Å².